The molecule has 0 bridgehead atoms. The Morgan fingerprint density at radius 1 is 0.941 bits per heavy atom. The van der Waals surface area contributed by atoms with Crippen LogP contribution in [-0.2, 0) is 0 Å². The van der Waals surface area contributed by atoms with Gasteiger partial charge in [0.15, 0.2) is 10.3 Å². The zero-order chi connectivity index (χ0) is 12.4. The van der Waals surface area contributed by atoms with E-state index in [2.05, 4.69) is 19.9 Å². The van der Waals surface area contributed by atoms with Crippen molar-refractivity contribution in [1.29, 1.82) is 0 Å². The van der Waals surface area contributed by atoms with Crippen LogP contribution in [0.25, 0.3) is 0 Å². The summed E-state index contributed by atoms with van der Waals surface area (Å²) in [5, 5.41) is 1.26. The third-order valence-corrected chi connectivity index (χ3v) is 3.20. The summed E-state index contributed by atoms with van der Waals surface area (Å²) in [5.74, 6) is 0. The van der Waals surface area contributed by atoms with E-state index in [0.29, 0.717) is 16.0 Å². The Balaban J connectivity index is 2.27. The lowest BCUT2D eigenvalue weighted by molar-refractivity contribution is 0.870. The Hall–Kier alpha value is -1.69. The second kappa shape index (κ2) is 4.67. The molecule has 2 aromatic heterocycles. The Kier molecular flexibility index (Phi) is 3.23. The third kappa shape index (κ3) is 2.71. The van der Waals surface area contributed by atoms with Gasteiger partial charge < -0.3 is 5.73 Å². The van der Waals surface area contributed by atoms with Crippen molar-refractivity contribution in [1.82, 2.24) is 19.9 Å². The summed E-state index contributed by atoms with van der Waals surface area (Å²) in [4.78, 5) is 17.0. The van der Waals surface area contributed by atoms with E-state index in [0.717, 1.165) is 17.0 Å². The number of nitrogen functional groups attached to an aromatic ring is 1. The molecule has 0 unspecified atom stereocenters. The molecule has 2 rings (SSSR count). The molecule has 5 nitrogen and oxygen atoms in total. The maximum atomic E-state index is 5.52. The Morgan fingerprint density at radius 3 is 2.00 bits per heavy atom. The predicted octanol–water partition coefficient (Wildman–Crippen LogP) is 1.93. The maximum Gasteiger partial charge on any atom is 0.195 e. The van der Waals surface area contributed by atoms with Crippen LogP contribution in [0.2, 0.25) is 0 Å². The molecule has 2 aromatic rings. The molecule has 0 spiro atoms. The van der Waals surface area contributed by atoms with Gasteiger partial charge in [-0.3, -0.25) is 0 Å². The molecule has 88 valence electrons. The zero-order valence-corrected chi connectivity index (χ0v) is 10.7. The van der Waals surface area contributed by atoms with E-state index >= 15 is 0 Å². The molecule has 17 heavy (non-hydrogen) atoms. The lowest BCUT2D eigenvalue weighted by Crippen LogP contribution is -1.99. The molecule has 2 heterocycles. The highest BCUT2D eigenvalue weighted by atomic mass is 32.2. The predicted molar refractivity (Wildman–Crippen MR) is 66.8 cm³/mol. The largest absolute Gasteiger partial charge is 0.396 e. The van der Waals surface area contributed by atoms with Crippen LogP contribution < -0.4 is 5.73 Å². The van der Waals surface area contributed by atoms with Gasteiger partial charge in [0.2, 0.25) is 0 Å². The minimum atomic E-state index is 0.548. The highest BCUT2D eigenvalue weighted by Crippen LogP contribution is 2.22. The fraction of sp³-hybridized carbons (Fsp3) is 0.273. The first-order valence-electron chi connectivity index (χ1n) is 5.13. The molecule has 0 aliphatic heterocycles. The Labute approximate surface area is 104 Å². The van der Waals surface area contributed by atoms with Gasteiger partial charge in [0.05, 0.1) is 18.1 Å². The van der Waals surface area contributed by atoms with Crippen LogP contribution in [0.5, 0.6) is 0 Å². The molecule has 0 atom stereocenters. The van der Waals surface area contributed by atoms with Crippen LogP contribution in [0.15, 0.2) is 22.7 Å². The topological polar surface area (TPSA) is 77.6 Å². The summed E-state index contributed by atoms with van der Waals surface area (Å²) in [5.41, 5.74) is 9.15. The van der Waals surface area contributed by atoms with Gasteiger partial charge >= 0.3 is 0 Å². The third-order valence-electron chi connectivity index (χ3n) is 2.44. The second-order valence-electron chi connectivity index (χ2n) is 3.70. The fourth-order valence-electron chi connectivity index (χ4n) is 1.25. The number of hydrogen-bond acceptors (Lipinski definition) is 6. The number of aryl methyl sites for hydroxylation is 2. The van der Waals surface area contributed by atoms with Gasteiger partial charge in [-0.15, -0.1) is 0 Å². The van der Waals surface area contributed by atoms with Crippen molar-refractivity contribution in [2.45, 2.75) is 31.1 Å². The van der Waals surface area contributed by atoms with Gasteiger partial charge in [-0.25, -0.2) is 19.9 Å². The molecule has 0 radical (unpaired) electrons. The number of hydrogen-bond donors (Lipinski definition) is 1. The molecule has 0 aliphatic carbocycles. The van der Waals surface area contributed by atoms with Crippen molar-refractivity contribution in [3.63, 3.8) is 0 Å². The quantitative estimate of drug-likeness (QED) is 0.817. The smallest absolute Gasteiger partial charge is 0.195 e. The van der Waals surface area contributed by atoms with E-state index in [4.69, 9.17) is 5.73 Å². The van der Waals surface area contributed by atoms with Crippen molar-refractivity contribution in [3.05, 3.63) is 29.3 Å². The van der Waals surface area contributed by atoms with Crippen LogP contribution in [0, 0.1) is 20.8 Å². The summed E-state index contributed by atoms with van der Waals surface area (Å²) >= 11 is 1.33. The van der Waals surface area contributed by atoms with Crippen molar-refractivity contribution in [2.75, 3.05) is 5.73 Å². The van der Waals surface area contributed by atoms with Crippen molar-refractivity contribution >= 4 is 17.4 Å². The maximum absolute atomic E-state index is 5.52. The Bertz CT molecular complexity index is 515. The van der Waals surface area contributed by atoms with Crippen LogP contribution in [0.1, 0.15) is 17.0 Å². The van der Waals surface area contributed by atoms with Gasteiger partial charge in [0.1, 0.15) is 0 Å². The van der Waals surface area contributed by atoms with E-state index in [1.54, 1.807) is 12.4 Å². The number of rotatable bonds is 2. The number of nitrogens with zero attached hydrogens (tertiary/aromatic N) is 4. The van der Waals surface area contributed by atoms with Crippen LogP contribution in [-0.4, -0.2) is 19.9 Å². The number of anilines is 1. The molecule has 0 amide bonds. The average Bonchev–Trinajstić information content (AvgIpc) is 2.29. The highest BCUT2D eigenvalue weighted by Gasteiger charge is 2.07. The van der Waals surface area contributed by atoms with Gasteiger partial charge in [0.25, 0.3) is 0 Å². The van der Waals surface area contributed by atoms with E-state index in [-0.39, 0.29) is 0 Å². The second-order valence-corrected chi connectivity index (χ2v) is 4.64. The molecule has 0 fully saturated rings. The number of aromatic nitrogens is 4. The van der Waals surface area contributed by atoms with Crippen molar-refractivity contribution in [3.8, 4) is 0 Å². The van der Waals surface area contributed by atoms with E-state index in [1.165, 1.54) is 11.8 Å². The molecule has 6 heteroatoms. The summed E-state index contributed by atoms with van der Waals surface area (Å²) < 4.78 is 0. The molecule has 2 N–H and O–H groups in total. The molecular weight excluding hydrogens is 234 g/mol. The van der Waals surface area contributed by atoms with E-state index < -0.39 is 0 Å². The Morgan fingerprint density at radius 2 is 1.47 bits per heavy atom. The zero-order valence-electron chi connectivity index (χ0n) is 9.93. The van der Waals surface area contributed by atoms with E-state index in [9.17, 15) is 0 Å². The first-order chi connectivity index (χ1) is 8.06. The summed E-state index contributed by atoms with van der Waals surface area (Å²) in [7, 11) is 0. The molecule has 0 aromatic carbocycles. The SMILES string of the molecule is Cc1nc(Sc2ncc(N)cn2)nc(C)c1C. The van der Waals surface area contributed by atoms with Gasteiger partial charge in [-0.2, -0.15) is 0 Å². The van der Waals surface area contributed by atoms with Gasteiger partial charge in [-0.05, 0) is 38.1 Å². The molecular formula is C11H13N5S. The van der Waals surface area contributed by atoms with Gasteiger partial charge in [-0.1, -0.05) is 0 Å². The first-order valence-corrected chi connectivity index (χ1v) is 5.95. The monoisotopic (exact) mass is 247 g/mol. The summed E-state index contributed by atoms with van der Waals surface area (Å²) in [6, 6.07) is 0. The van der Waals surface area contributed by atoms with Crippen LogP contribution in [0.4, 0.5) is 5.69 Å². The minimum absolute atomic E-state index is 0.548. The number of nitrogens with two attached hydrogens (primary N) is 1. The van der Waals surface area contributed by atoms with Crippen LogP contribution in [0.3, 0.4) is 0 Å². The molecule has 0 saturated carbocycles. The highest BCUT2D eigenvalue weighted by molar-refractivity contribution is 7.99. The van der Waals surface area contributed by atoms with Crippen molar-refractivity contribution in [2.24, 2.45) is 0 Å². The first kappa shape index (κ1) is 11.8. The normalized spacial score (nSPS) is 10.5. The molecule has 0 saturated heterocycles. The lowest BCUT2D eigenvalue weighted by Gasteiger charge is -2.05. The molecule has 0 aliphatic rings. The van der Waals surface area contributed by atoms with Crippen LogP contribution >= 0.6 is 11.8 Å². The minimum Gasteiger partial charge on any atom is -0.396 e. The fourth-order valence-corrected chi connectivity index (χ4v) is 1.99. The summed E-state index contributed by atoms with van der Waals surface area (Å²) in [6.07, 6.45) is 3.15. The van der Waals surface area contributed by atoms with E-state index in [1.807, 2.05) is 20.8 Å². The summed E-state index contributed by atoms with van der Waals surface area (Å²) in [6.45, 7) is 5.95. The average molecular weight is 247 g/mol. The lowest BCUT2D eigenvalue weighted by atomic mass is 10.2. The van der Waals surface area contributed by atoms with Crippen molar-refractivity contribution < 1.29 is 0 Å². The standard InChI is InChI=1S/C11H13N5S/c1-6-7(2)15-11(16-8(6)3)17-10-13-4-9(12)5-14-10/h4-5H,12H2,1-3H3. The van der Waals surface area contributed by atoms with Gasteiger partial charge in [0, 0.05) is 11.4 Å².